The summed E-state index contributed by atoms with van der Waals surface area (Å²) in [5, 5.41) is 2.96. The molecule has 0 atom stereocenters. The van der Waals surface area contributed by atoms with Gasteiger partial charge in [-0.1, -0.05) is 34.8 Å². The molecule has 8 heteroatoms. The van der Waals surface area contributed by atoms with Crippen LogP contribution in [0.5, 0.6) is 0 Å². The van der Waals surface area contributed by atoms with Crippen molar-refractivity contribution >= 4 is 52.3 Å². The highest BCUT2D eigenvalue weighted by molar-refractivity contribution is 6.34. The second kappa shape index (κ2) is 6.30. The molecular weight excluding hydrogens is 337 g/mol. The second-order valence-electron chi connectivity index (χ2n) is 4.01. The minimum Gasteiger partial charge on any atom is -0.366 e. The molecule has 2 aromatic rings. The van der Waals surface area contributed by atoms with Gasteiger partial charge in [0.05, 0.1) is 10.6 Å². The highest BCUT2D eigenvalue weighted by Crippen LogP contribution is 2.22. The maximum atomic E-state index is 12.1. The molecule has 0 aliphatic heterocycles. The Morgan fingerprint density at radius 1 is 1.05 bits per heavy atom. The number of hydrogen-bond acceptors (Lipinski definition) is 3. The van der Waals surface area contributed by atoms with Crippen LogP contribution in [-0.4, -0.2) is 16.8 Å². The van der Waals surface area contributed by atoms with Gasteiger partial charge in [-0.3, -0.25) is 9.59 Å². The standard InChI is InChI=1S/C13H8Cl3N3O2/c14-9-5-7(1-2-8(9)12(17)20)18-13(21)6-3-10(15)19-11(16)4-6/h1-5H,(H2,17,20)(H,18,21). The number of aromatic nitrogens is 1. The summed E-state index contributed by atoms with van der Waals surface area (Å²) < 4.78 is 0. The third-order valence-corrected chi connectivity index (χ3v) is 3.22. The van der Waals surface area contributed by atoms with E-state index in [0.717, 1.165) is 0 Å². The topological polar surface area (TPSA) is 85.1 Å². The number of rotatable bonds is 3. The van der Waals surface area contributed by atoms with Crippen molar-refractivity contribution in [1.82, 2.24) is 4.98 Å². The largest absolute Gasteiger partial charge is 0.366 e. The number of primary amides is 1. The van der Waals surface area contributed by atoms with E-state index in [1.54, 1.807) is 0 Å². The summed E-state index contributed by atoms with van der Waals surface area (Å²) in [4.78, 5) is 26.9. The molecule has 0 aliphatic rings. The summed E-state index contributed by atoms with van der Waals surface area (Å²) in [6.07, 6.45) is 0. The van der Waals surface area contributed by atoms with Crippen LogP contribution in [0.15, 0.2) is 30.3 Å². The minimum atomic E-state index is -0.648. The smallest absolute Gasteiger partial charge is 0.255 e. The molecule has 0 bridgehead atoms. The molecule has 2 amide bonds. The monoisotopic (exact) mass is 343 g/mol. The van der Waals surface area contributed by atoms with E-state index < -0.39 is 11.8 Å². The Balaban J connectivity index is 2.23. The van der Waals surface area contributed by atoms with Crippen LogP contribution < -0.4 is 11.1 Å². The van der Waals surface area contributed by atoms with Crippen molar-refractivity contribution in [3.63, 3.8) is 0 Å². The summed E-state index contributed by atoms with van der Waals surface area (Å²) in [6, 6.07) is 7.11. The number of carbonyl (C=O) groups excluding carboxylic acids is 2. The predicted octanol–water partition coefficient (Wildman–Crippen LogP) is 3.39. The molecule has 0 saturated carbocycles. The average molecular weight is 345 g/mol. The molecule has 0 spiro atoms. The lowest BCUT2D eigenvalue weighted by molar-refractivity contribution is 0.0998. The van der Waals surface area contributed by atoms with E-state index in [4.69, 9.17) is 40.5 Å². The van der Waals surface area contributed by atoms with Gasteiger partial charge in [-0.05, 0) is 30.3 Å². The van der Waals surface area contributed by atoms with Crippen LogP contribution >= 0.6 is 34.8 Å². The van der Waals surface area contributed by atoms with Crippen molar-refractivity contribution in [2.75, 3.05) is 5.32 Å². The Morgan fingerprint density at radius 2 is 1.67 bits per heavy atom. The van der Waals surface area contributed by atoms with E-state index >= 15 is 0 Å². The molecule has 0 fully saturated rings. The first kappa shape index (κ1) is 15.6. The fourth-order valence-corrected chi connectivity index (χ4v) is 2.33. The third-order valence-electron chi connectivity index (χ3n) is 2.52. The number of hydrogen-bond donors (Lipinski definition) is 2. The molecule has 0 unspecified atom stereocenters. The summed E-state index contributed by atoms with van der Waals surface area (Å²) >= 11 is 17.4. The zero-order valence-electron chi connectivity index (χ0n) is 10.4. The number of nitrogens with one attached hydrogen (secondary N) is 1. The number of halogens is 3. The average Bonchev–Trinajstić information content (AvgIpc) is 2.37. The normalized spacial score (nSPS) is 10.2. The predicted molar refractivity (Wildman–Crippen MR) is 82.2 cm³/mol. The van der Waals surface area contributed by atoms with Crippen LogP contribution in [0.2, 0.25) is 15.3 Å². The van der Waals surface area contributed by atoms with Gasteiger partial charge in [0, 0.05) is 11.3 Å². The van der Waals surface area contributed by atoms with Gasteiger partial charge in [0.1, 0.15) is 10.3 Å². The Hall–Kier alpha value is -1.82. The van der Waals surface area contributed by atoms with Gasteiger partial charge in [0.15, 0.2) is 0 Å². The molecule has 2 rings (SSSR count). The number of benzene rings is 1. The fraction of sp³-hybridized carbons (Fsp3) is 0. The summed E-state index contributed by atoms with van der Waals surface area (Å²) in [6.45, 7) is 0. The number of anilines is 1. The van der Waals surface area contributed by atoms with Crippen molar-refractivity contribution in [1.29, 1.82) is 0 Å². The van der Waals surface area contributed by atoms with Gasteiger partial charge >= 0.3 is 0 Å². The number of carbonyl (C=O) groups is 2. The number of nitrogens with two attached hydrogens (primary N) is 1. The first-order valence-corrected chi connectivity index (χ1v) is 6.74. The van der Waals surface area contributed by atoms with E-state index in [2.05, 4.69) is 10.3 Å². The lowest BCUT2D eigenvalue weighted by Crippen LogP contribution is -2.14. The first-order valence-electron chi connectivity index (χ1n) is 5.60. The van der Waals surface area contributed by atoms with Crippen LogP contribution in [0.1, 0.15) is 20.7 Å². The van der Waals surface area contributed by atoms with Crippen LogP contribution in [0.3, 0.4) is 0 Å². The van der Waals surface area contributed by atoms with Crippen LogP contribution in [-0.2, 0) is 0 Å². The highest BCUT2D eigenvalue weighted by atomic mass is 35.5. The quantitative estimate of drug-likeness (QED) is 0.837. The lowest BCUT2D eigenvalue weighted by atomic mass is 10.2. The third kappa shape index (κ3) is 3.85. The van der Waals surface area contributed by atoms with Gasteiger partial charge in [-0.25, -0.2) is 4.98 Å². The second-order valence-corrected chi connectivity index (χ2v) is 5.20. The van der Waals surface area contributed by atoms with E-state index in [0.29, 0.717) is 5.69 Å². The van der Waals surface area contributed by atoms with E-state index in [-0.39, 0.29) is 26.5 Å². The molecule has 0 saturated heterocycles. The van der Waals surface area contributed by atoms with Gasteiger partial charge in [0.2, 0.25) is 5.91 Å². The number of nitrogens with zero attached hydrogens (tertiary/aromatic N) is 1. The van der Waals surface area contributed by atoms with Crippen molar-refractivity contribution in [3.05, 3.63) is 56.8 Å². The molecule has 21 heavy (non-hydrogen) atoms. The summed E-state index contributed by atoms with van der Waals surface area (Å²) in [5.41, 5.74) is 5.96. The molecule has 1 aromatic carbocycles. The van der Waals surface area contributed by atoms with Crippen molar-refractivity contribution in [2.45, 2.75) is 0 Å². The molecule has 3 N–H and O–H groups in total. The molecular formula is C13H8Cl3N3O2. The Bertz CT molecular complexity index is 714. The van der Waals surface area contributed by atoms with Crippen LogP contribution in [0, 0.1) is 0 Å². The minimum absolute atomic E-state index is 0.106. The molecule has 5 nitrogen and oxygen atoms in total. The maximum Gasteiger partial charge on any atom is 0.255 e. The van der Waals surface area contributed by atoms with E-state index in [1.165, 1.54) is 30.3 Å². The Kier molecular flexibility index (Phi) is 4.67. The molecule has 0 aliphatic carbocycles. The molecule has 1 heterocycles. The van der Waals surface area contributed by atoms with Crippen LogP contribution in [0.4, 0.5) is 5.69 Å². The molecule has 108 valence electrons. The van der Waals surface area contributed by atoms with E-state index in [9.17, 15) is 9.59 Å². The number of amides is 2. The highest BCUT2D eigenvalue weighted by Gasteiger charge is 2.11. The summed E-state index contributed by atoms with van der Waals surface area (Å²) in [5.74, 6) is -1.09. The fourth-order valence-electron chi connectivity index (χ4n) is 1.59. The van der Waals surface area contributed by atoms with Gasteiger partial charge in [0.25, 0.3) is 5.91 Å². The van der Waals surface area contributed by atoms with Gasteiger partial charge in [-0.2, -0.15) is 0 Å². The van der Waals surface area contributed by atoms with Crippen molar-refractivity contribution in [3.8, 4) is 0 Å². The van der Waals surface area contributed by atoms with Crippen molar-refractivity contribution < 1.29 is 9.59 Å². The van der Waals surface area contributed by atoms with Gasteiger partial charge in [-0.15, -0.1) is 0 Å². The summed E-state index contributed by atoms with van der Waals surface area (Å²) in [7, 11) is 0. The van der Waals surface area contributed by atoms with Crippen LogP contribution in [0.25, 0.3) is 0 Å². The Labute approximate surface area is 135 Å². The number of pyridine rings is 1. The first-order chi connectivity index (χ1) is 9.86. The zero-order valence-corrected chi connectivity index (χ0v) is 12.6. The SMILES string of the molecule is NC(=O)c1ccc(NC(=O)c2cc(Cl)nc(Cl)c2)cc1Cl. The maximum absolute atomic E-state index is 12.1. The van der Waals surface area contributed by atoms with Gasteiger partial charge < -0.3 is 11.1 Å². The zero-order chi connectivity index (χ0) is 15.6. The lowest BCUT2D eigenvalue weighted by Gasteiger charge is -2.07. The molecule has 0 radical (unpaired) electrons. The molecule has 1 aromatic heterocycles. The van der Waals surface area contributed by atoms with Crippen molar-refractivity contribution in [2.24, 2.45) is 5.73 Å². The van der Waals surface area contributed by atoms with E-state index in [1.807, 2.05) is 0 Å². The Morgan fingerprint density at radius 3 is 2.19 bits per heavy atom.